The minimum absolute atomic E-state index is 0.169. The Hall–Kier alpha value is -1.60. The molecule has 1 saturated heterocycles. The summed E-state index contributed by atoms with van der Waals surface area (Å²) in [5.74, 6) is 1.49. The highest BCUT2D eigenvalue weighted by molar-refractivity contribution is 7.89. The van der Waals surface area contributed by atoms with Gasteiger partial charge >= 0.3 is 0 Å². The molecular formula is C20H30N2O4S. The summed E-state index contributed by atoms with van der Waals surface area (Å²) in [5, 5.41) is 0. The summed E-state index contributed by atoms with van der Waals surface area (Å²) < 4.78 is 32.1. The van der Waals surface area contributed by atoms with E-state index in [4.69, 9.17) is 4.74 Å². The third-order valence-electron chi connectivity index (χ3n) is 5.78. The van der Waals surface area contributed by atoms with Gasteiger partial charge in [0, 0.05) is 32.6 Å². The van der Waals surface area contributed by atoms with Gasteiger partial charge in [0.1, 0.15) is 5.75 Å². The molecule has 1 aromatic rings. The van der Waals surface area contributed by atoms with Crippen molar-refractivity contribution >= 4 is 15.9 Å². The smallest absolute Gasteiger partial charge is 0.243 e. The van der Waals surface area contributed by atoms with Gasteiger partial charge in [0.05, 0.1) is 12.0 Å². The molecule has 3 rings (SSSR count). The van der Waals surface area contributed by atoms with Crippen LogP contribution in [0.4, 0.5) is 0 Å². The predicted octanol–water partition coefficient (Wildman–Crippen LogP) is 2.89. The van der Waals surface area contributed by atoms with Gasteiger partial charge in [-0.1, -0.05) is 32.1 Å². The lowest BCUT2D eigenvalue weighted by molar-refractivity contribution is -0.132. The largest absolute Gasteiger partial charge is 0.497 e. The van der Waals surface area contributed by atoms with Gasteiger partial charge in [-0.2, -0.15) is 4.31 Å². The van der Waals surface area contributed by atoms with Crippen LogP contribution in [0.3, 0.4) is 0 Å². The molecule has 1 saturated carbocycles. The van der Waals surface area contributed by atoms with E-state index in [-0.39, 0.29) is 10.8 Å². The summed E-state index contributed by atoms with van der Waals surface area (Å²) in [6, 6.07) is 6.43. The first-order valence-electron chi connectivity index (χ1n) is 9.92. The number of piperazine rings is 1. The number of carbonyl (C=O) groups is 1. The monoisotopic (exact) mass is 394 g/mol. The predicted molar refractivity (Wildman–Crippen MR) is 104 cm³/mol. The minimum Gasteiger partial charge on any atom is -0.497 e. The molecule has 150 valence electrons. The van der Waals surface area contributed by atoms with Crippen LogP contribution < -0.4 is 4.74 Å². The summed E-state index contributed by atoms with van der Waals surface area (Å²) in [6.45, 7) is 1.64. The van der Waals surface area contributed by atoms with Crippen LogP contribution in [0.2, 0.25) is 0 Å². The van der Waals surface area contributed by atoms with Crippen LogP contribution in [-0.2, 0) is 14.8 Å². The Bertz CT molecular complexity index is 719. The zero-order valence-corrected chi connectivity index (χ0v) is 16.9. The third-order valence-corrected chi connectivity index (χ3v) is 7.69. The fourth-order valence-electron chi connectivity index (χ4n) is 4.04. The fraction of sp³-hybridized carbons (Fsp3) is 0.650. The Kier molecular flexibility index (Phi) is 6.76. The van der Waals surface area contributed by atoms with Gasteiger partial charge in [-0.3, -0.25) is 4.79 Å². The van der Waals surface area contributed by atoms with Crippen LogP contribution >= 0.6 is 0 Å². The maximum absolute atomic E-state index is 12.8. The molecule has 0 atom stereocenters. The molecule has 2 fully saturated rings. The lowest BCUT2D eigenvalue weighted by Gasteiger charge is -2.34. The van der Waals surface area contributed by atoms with E-state index in [0.29, 0.717) is 44.3 Å². The van der Waals surface area contributed by atoms with Gasteiger partial charge in [0.15, 0.2) is 0 Å². The standard InChI is InChI=1S/C20H30N2O4S/c1-26-18-8-10-19(11-9-18)27(24,25)22-15-13-21(14-16-22)20(23)12-7-17-5-3-2-4-6-17/h8-11,17H,2-7,12-16H2,1H3. The van der Waals surface area contributed by atoms with Crippen molar-refractivity contribution in [3.8, 4) is 5.75 Å². The summed E-state index contributed by atoms with van der Waals surface area (Å²) in [7, 11) is -1.98. The molecule has 1 amide bonds. The van der Waals surface area contributed by atoms with Crippen LogP contribution in [0.15, 0.2) is 29.2 Å². The first-order chi connectivity index (χ1) is 13.0. The number of amides is 1. The van der Waals surface area contributed by atoms with Crippen molar-refractivity contribution in [2.24, 2.45) is 5.92 Å². The van der Waals surface area contributed by atoms with Crippen LogP contribution in [0.5, 0.6) is 5.75 Å². The normalized spacial score (nSPS) is 19.8. The molecule has 0 spiro atoms. The molecule has 1 aliphatic heterocycles. The van der Waals surface area contributed by atoms with Crippen molar-refractivity contribution in [2.75, 3.05) is 33.3 Å². The summed E-state index contributed by atoms with van der Waals surface area (Å²) in [4.78, 5) is 14.6. The van der Waals surface area contributed by atoms with E-state index < -0.39 is 10.0 Å². The molecule has 1 aromatic carbocycles. The van der Waals surface area contributed by atoms with Crippen molar-refractivity contribution in [2.45, 2.75) is 49.8 Å². The summed E-state index contributed by atoms with van der Waals surface area (Å²) >= 11 is 0. The quantitative estimate of drug-likeness (QED) is 0.744. The maximum atomic E-state index is 12.8. The van der Waals surface area contributed by atoms with Crippen LogP contribution in [0, 0.1) is 5.92 Å². The van der Waals surface area contributed by atoms with Gasteiger partial charge in [-0.25, -0.2) is 8.42 Å². The van der Waals surface area contributed by atoms with Gasteiger partial charge in [-0.15, -0.1) is 0 Å². The van der Waals surface area contributed by atoms with E-state index in [1.54, 1.807) is 31.4 Å². The van der Waals surface area contributed by atoms with Gasteiger partial charge < -0.3 is 9.64 Å². The van der Waals surface area contributed by atoms with Crippen molar-refractivity contribution in [1.82, 2.24) is 9.21 Å². The zero-order valence-electron chi connectivity index (χ0n) is 16.1. The van der Waals surface area contributed by atoms with E-state index in [2.05, 4.69) is 0 Å². The topological polar surface area (TPSA) is 66.9 Å². The average Bonchev–Trinajstić information content (AvgIpc) is 2.73. The number of rotatable bonds is 6. The summed E-state index contributed by atoms with van der Waals surface area (Å²) in [6.07, 6.45) is 7.98. The number of carbonyl (C=O) groups excluding carboxylic acids is 1. The highest BCUT2D eigenvalue weighted by Gasteiger charge is 2.30. The number of methoxy groups -OCH3 is 1. The second kappa shape index (κ2) is 9.06. The van der Waals surface area contributed by atoms with Gasteiger partial charge in [0.2, 0.25) is 15.9 Å². The molecule has 0 N–H and O–H groups in total. The Morgan fingerprint density at radius 2 is 1.67 bits per heavy atom. The lowest BCUT2D eigenvalue weighted by atomic mass is 9.86. The average molecular weight is 395 g/mol. The number of sulfonamides is 1. The molecule has 7 heteroatoms. The first kappa shape index (κ1) is 20.1. The molecule has 0 radical (unpaired) electrons. The van der Waals surface area contributed by atoms with Gasteiger partial charge in [-0.05, 0) is 36.6 Å². The van der Waals surface area contributed by atoms with Crippen LogP contribution in [0.1, 0.15) is 44.9 Å². The van der Waals surface area contributed by atoms with Crippen LogP contribution in [0.25, 0.3) is 0 Å². The van der Waals surface area contributed by atoms with E-state index >= 15 is 0 Å². The van der Waals surface area contributed by atoms with Crippen LogP contribution in [-0.4, -0.2) is 56.8 Å². The molecular weight excluding hydrogens is 364 g/mol. The Morgan fingerprint density at radius 3 is 2.26 bits per heavy atom. The lowest BCUT2D eigenvalue weighted by Crippen LogP contribution is -2.50. The molecule has 0 aromatic heterocycles. The molecule has 1 heterocycles. The van der Waals surface area contributed by atoms with Crippen molar-refractivity contribution in [3.05, 3.63) is 24.3 Å². The molecule has 0 bridgehead atoms. The Morgan fingerprint density at radius 1 is 1.04 bits per heavy atom. The molecule has 0 unspecified atom stereocenters. The van der Waals surface area contributed by atoms with E-state index in [1.165, 1.54) is 36.4 Å². The van der Waals surface area contributed by atoms with E-state index in [0.717, 1.165) is 6.42 Å². The number of ether oxygens (including phenoxy) is 1. The van der Waals surface area contributed by atoms with Gasteiger partial charge in [0.25, 0.3) is 0 Å². The van der Waals surface area contributed by atoms with Crippen molar-refractivity contribution < 1.29 is 17.9 Å². The van der Waals surface area contributed by atoms with Crippen molar-refractivity contribution in [3.63, 3.8) is 0 Å². The SMILES string of the molecule is COc1ccc(S(=O)(=O)N2CCN(C(=O)CCC3CCCCC3)CC2)cc1. The van der Waals surface area contributed by atoms with E-state index in [9.17, 15) is 13.2 Å². The Balaban J connectivity index is 1.50. The summed E-state index contributed by atoms with van der Waals surface area (Å²) in [5.41, 5.74) is 0. The maximum Gasteiger partial charge on any atom is 0.243 e. The molecule has 6 nitrogen and oxygen atoms in total. The molecule has 27 heavy (non-hydrogen) atoms. The van der Waals surface area contributed by atoms with Crippen molar-refractivity contribution in [1.29, 1.82) is 0 Å². The highest BCUT2D eigenvalue weighted by atomic mass is 32.2. The number of hydrogen-bond acceptors (Lipinski definition) is 4. The number of hydrogen-bond donors (Lipinski definition) is 0. The first-order valence-corrected chi connectivity index (χ1v) is 11.4. The molecule has 2 aliphatic rings. The number of benzene rings is 1. The second-order valence-corrected chi connectivity index (χ2v) is 9.44. The van der Waals surface area contributed by atoms with E-state index in [1.807, 2.05) is 4.90 Å². The third kappa shape index (κ3) is 5.02. The highest BCUT2D eigenvalue weighted by Crippen LogP contribution is 2.27. The molecule has 1 aliphatic carbocycles. The number of nitrogens with zero attached hydrogens (tertiary/aromatic N) is 2. The second-order valence-electron chi connectivity index (χ2n) is 7.50. The zero-order chi connectivity index (χ0) is 19.3. The fourth-order valence-corrected chi connectivity index (χ4v) is 5.46. The minimum atomic E-state index is -3.53. The Labute approximate surface area is 162 Å².